The second-order valence-corrected chi connectivity index (χ2v) is 4.33. The van der Waals surface area contributed by atoms with Gasteiger partial charge in [0, 0.05) is 31.5 Å². The van der Waals surface area contributed by atoms with E-state index in [1.165, 1.54) is 38.9 Å². The Morgan fingerprint density at radius 2 is 2.00 bits per heavy atom. The van der Waals surface area contributed by atoms with E-state index in [1.807, 2.05) is 6.07 Å². The van der Waals surface area contributed by atoms with E-state index in [1.54, 1.807) is 12.4 Å². The molecule has 88 valence electrons. The fourth-order valence-electron chi connectivity index (χ4n) is 2.17. The number of hydrogen-bond acceptors (Lipinski definition) is 4. The van der Waals surface area contributed by atoms with Crippen molar-refractivity contribution in [1.29, 1.82) is 0 Å². The average molecular weight is 220 g/mol. The largest absolute Gasteiger partial charge is 0.351 e. The van der Waals surface area contributed by atoms with E-state index in [0.717, 1.165) is 5.95 Å². The second kappa shape index (κ2) is 5.80. The monoisotopic (exact) mass is 220 g/mol. The van der Waals surface area contributed by atoms with Crippen molar-refractivity contribution in [3.8, 4) is 0 Å². The Hall–Kier alpha value is -1.16. The molecule has 16 heavy (non-hydrogen) atoms. The molecule has 0 unspecified atom stereocenters. The molecule has 4 heteroatoms. The van der Waals surface area contributed by atoms with Crippen LogP contribution in [0.2, 0.25) is 0 Å². The minimum Gasteiger partial charge on any atom is -0.351 e. The van der Waals surface area contributed by atoms with Crippen molar-refractivity contribution >= 4 is 5.95 Å². The van der Waals surface area contributed by atoms with Gasteiger partial charge in [-0.1, -0.05) is 6.92 Å². The standard InChI is InChI=1S/C12H20N4/c1-2-8-16-9-4-11(5-10-16)15-12-13-6-3-7-14-12/h3,6-7,11H,2,4-5,8-10H2,1H3,(H,13,14,15). The summed E-state index contributed by atoms with van der Waals surface area (Å²) in [6.45, 7) is 5.85. The second-order valence-electron chi connectivity index (χ2n) is 4.33. The third-order valence-corrected chi connectivity index (χ3v) is 3.03. The van der Waals surface area contributed by atoms with Gasteiger partial charge in [0.15, 0.2) is 0 Å². The molecule has 0 aromatic carbocycles. The number of anilines is 1. The Labute approximate surface area is 97.1 Å². The molecule has 0 spiro atoms. The van der Waals surface area contributed by atoms with Crippen LogP contribution in [-0.2, 0) is 0 Å². The van der Waals surface area contributed by atoms with E-state index >= 15 is 0 Å². The summed E-state index contributed by atoms with van der Waals surface area (Å²) >= 11 is 0. The first-order valence-corrected chi connectivity index (χ1v) is 6.14. The third kappa shape index (κ3) is 3.17. The highest BCUT2D eigenvalue weighted by Crippen LogP contribution is 2.13. The molecule has 1 fully saturated rings. The van der Waals surface area contributed by atoms with Gasteiger partial charge in [-0.05, 0) is 31.9 Å². The summed E-state index contributed by atoms with van der Waals surface area (Å²) < 4.78 is 0. The quantitative estimate of drug-likeness (QED) is 0.839. The van der Waals surface area contributed by atoms with Crippen molar-refractivity contribution in [2.75, 3.05) is 25.0 Å². The van der Waals surface area contributed by atoms with Gasteiger partial charge >= 0.3 is 0 Å². The molecule has 0 radical (unpaired) electrons. The highest BCUT2D eigenvalue weighted by Gasteiger charge is 2.18. The zero-order chi connectivity index (χ0) is 11.2. The van der Waals surface area contributed by atoms with Crippen LogP contribution in [0.5, 0.6) is 0 Å². The van der Waals surface area contributed by atoms with Crippen LogP contribution in [0.4, 0.5) is 5.95 Å². The Morgan fingerprint density at radius 1 is 1.31 bits per heavy atom. The molecule has 0 amide bonds. The predicted octanol–water partition coefficient (Wildman–Crippen LogP) is 1.76. The predicted molar refractivity (Wildman–Crippen MR) is 65.4 cm³/mol. The molecule has 0 bridgehead atoms. The van der Waals surface area contributed by atoms with Gasteiger partial charge in [0.05, 0.1) is 0 Å². The molecule has 1 saturated heterocycles. The van der Waals surface area contributed by atoms with E-state index in [0.29, 0.717) is 6.04 Å². The fourth-order valence-corrected chi connectivity index (χ4v) is 2.17. The normalized spacial score (nSPS) is 18.6. The highest BCUT2D eigenvalue weighted by atomic mass is 15.2. The number of piperidine rings is 1. The van der Waals surface area contributed by atoms with Gasteiger partial charge < -0.3 is 10.2 Å². The molecule has 1 aliphatic rings. The van der Waals surface area contributed by atoms with Gasteiger partial charge in [0.25, 0.3) is 0 Å². The van der Waals surface area contributed by atoms with Crippen molar-refractivity contribution in [1.82, 2.24) is 14.9 Å². The minimum absolute atomic E-state index is 0.538. The average Bonchev–Trinajstić information content (AvgIpc) is 2.33. The van der Waals surface area contributed by atoms with Gasteiger partial charge in [0.1, 0.15) is 0 Å². The summed E-state index contributed by atoms with van der Waals surface area (Å²) in [4.78, 5) is 10.9. The topological polar surface area (TPSA) is 41.0 Å². The molecule has 1 aliphatic heterocycles. The molecule has 1 N–H and O–H groups in total. The van der Waals surface area contributed by atoms with Crippen LogP contribution >= 0.6 is 0 Å². The number of nitrogens with zero attached hydrogens (tertiary/aromatic N) is 3. The van der Waals surface area contributed by atoms with Crippen LogP contribution in [0.15, 0.2) is 18.5 Å². The maximum Gasteiger partial charge on any atom is 0.222 e. The first-order valence-electron chi connectivity index (χ1n) is 6.14. The molecule has 0 atom stereocenters. The Kier molecular flexibility index (Phi) is 4.10. The van der Waals surface area contributed by atoms with Gasteiger partial charge in [-0.2, -0.15) is 0 Å². The van der Waals surface area contributed by atoms with Crippen molar-refractivity contribution in [2.24, 2.45) is 0 Å². The fraction of sp³-hybridized carbons (Fsp3) is 0.667. The number of nitrogens with one attached hydrogen (secondary N) is 1. The number of likely N-dealkylation sites (tertiary alicyclic amines) is 1. The zero-order valence-electron chi connectivity index (χ0n) is 9.89. The van der Waals surface area contributed by atoms with E-state index < -0.39 is 0 Å². The van der Waals surface area contributed by atoms with Crippen LogP contribution in [0, 0.1) is 0 Å². The number of rotatable bonds is 4. The Morgan fingerprint density at radius 3 is 2.62 bits per heavy atom. The smallest absolute Gasteiger partial charge is 0.222 e. The van der Waals surface area contributed by atoms with E-state index in [-0.39, 0.29) is 0 Å². The Balaban J connectivity index is 1.77. The first kappa shape index (κ1) is 11.3. The lowest BCUT2D eigenvalue weighted by Crippen LogP contribution is -2.39. The van der Waals surface area contributed by atoms with Crippen LogP contribution < -0.4 is 5.32 Å². The summed E-state index contributed by atoms with van der Waals surface area (Å²) in [5.74, 6) is 0.761. The number of aromatic nitrogens is 2. The van der Waals surface area contributed by atoms with E-state index in [4.69, 9.17) is 0 Å². The van der Waals surface area contributed by atoms with Crippen LogP contribution in [0.25, 0.3) is 0 Å². The SMILES string of the molecule is CCCN1CCC(Nc2ncccn2)CC1. The summed E-state index contributed by atoms with van der Waals surface area (Å²) in [5, 5.41) is 3.39. The van der Waals surface area contributed by atoms with Gasteiger partial charge in [0.2, 0.25) is 5.95 Å². The van der Waals surface area contributed by atoms with Gasteiger partial charge in [-0.3, -0.25) is 0 Å². The minimum atomic E-state index is 0.538. The van der Waals surface area contributed by atoms with Crippen LogP contribution in [0.3, 0.4) is 0 Å². The molecule has 2 rings (SSSR count). The molecule has 0 saturated carbocycles. The lowest BCUT2D eigenvalue weighted by molar-refractivity contribution is 0.219. The van der Waals surface area contributed by atoms with E-state index in [2.05, 4.69) is 27.1 Å². The van der Waals surface area contributed by atoms with Crippen LogP contribution in [0.1, 0.15) is 26.2 Å². The molecule has 1 aromatic heterocycles. The third-order valence-electron chi connectivity index (χ3n) is 3.03. The Bertz CT molecular complexity index is 293. The summed E-state index contributed by atoms with van der Waals surface area (Å²) in [6, 6.07) is 2.38. The summed E-state index contributed by atoms with van der Waals surface area (Å²) in [5.41, 5.74) is 0. The van der Waals surface area contributed by atoms with Gasteiger partial charge in [-0.15, -0.1) is 0 Å². The molecule has 1 aromatic rings. The maximum absolute atomic E-state index is 4.19. The summed E-state index contributed by atoms with van der Waals surface area (Å²) in [7, 11) is 0. The molecular formula is C12H20N4. The lowest BCUT2D eigenvalue weighted by Gasteiger charge is -2.31. The molecule has 4 nitrogen and oxygen atoms in total. The van der Waals surface area contributed by atoms with E-state index in [9.17, 15) is 0 Å². The summed E-state index contributed by atoms with van der Waals surface area (Å²) in [6.07, 6.45) is 7.19. The highest BCUT2D eigenvalue weighted by molar-refractivity contribution is 5.24. The first-order chi connectivity index (χ1) is 7.88. The van der Waals surface area contributed by atoms with Crippen molar-refractivity contribution < 1.29 is 0 Å². The van der Waals surface area contributed by atoms with Gasteiger partial charge in [-0.25, -0.2) is 9.97 Å². The number of hydrogen-bond donors (Lipinski definition) is 1. The zero-order valence-corrected chi connectivity index (χ0v) is 9.89. The molecule has 0 aliphatic carbocycles. The lowest BCUT2D eigenvalue weighted by atomic mass is 10.1. The maximum atomic E-state index is 4.19. The van der Waals surface area contributed by atoms with Crippen LogP contribution in [-0.4, -0.2) is 40.5 Å². The van der Waals surface area contributed by atoms with Crippen molar-refractivity contribution in [2.45, 2.75) is 32.2 Å². The molecule has 2 heterocycles. The molecular weight excluding hydrogens is 200 g/mol. The van der Waals surface area contributed by atoms with Crippen molar-refractivity contribution in [3.63, 3.8) is 0 Å². The van der Waals surface area contributed by atoms with Crippen molar-refractivity contribution in [3.05, 3.63) is 18.5 Å².